The molecule has 3 N–H and O–H groups in total. The van der Waals surface area contributed by atoms with Gasteiger partial charge in [-0.05, 0) is 50.6 Å². The standard InChI is InChI=1S/C15H24N2/c1-15(12-16,17-11-14-7-8-14)10-9-13-5-3-2-4-6-13/h2-6,14,17H,7-12,16H2,1H3. The highest BCUT2D eigenvalue weighted by Crippen LogP contribution is 2.28. The first-order valence-corrected chi connectivity index (χ1v) is 6.71. The summed E-state index contributed by atoms with van der Waals surface area (Å²) in [5, 5.41) is 3.65. The summed E-state index contributed by atoms with van der Waals surface area (Å²) in [6.07, 6.45) is 5.01. The zero-order valence-corrected chi connectivity index (χ0v) is 10.8. The molecule has 1 unspecified atom stereocenters. The topological polar surface area (TPSA) is 38.0 Å². The Morgan fingerprint density at radius 1 is 1.29 bits per heavy atom. The van der Waals surface area contributed by atoms with Gasteiger partial charge in [-0.1, -0.05) is 30.3 Å². The number of rotatable bonds is 7. The van der Waals surface area contributed by atoms with Gasteiger partial charge in [0.05, 0.1) is 0 Å². The molecule has 0 heterocycles. The molecule has 2 nitrogen and oxygen atoms in total. The summed E-state index contributed by atoms with van der Waals surface area (Å²) < 4.78 is 0. The summed E-state index contributed by atoms with van der Waals surface area (Å²) in [5.41, 5.74) is 7.41. The Bertz CT molecular complexity index is 332. The lowest BCUT2D eigenvalue weighted by molar-refractivity contribution is 0.334. The molecule has 1 aliphatic rings. The van der Waals surface area contributed by atoms with Gasteiger partial charge in [0.1, 0.15) is 0 Å². The van der Waals surface area contributed by atoms with Crippen LogP contribution in [0.15, 0.2) is 30.3 Å². The van der Waals surface area contributed by atoms with Gasteiger partial charge in [0.25, 0.3) is 0 Å². The third kappa shape index (κ3) is 4.14. The van der Waals surface area contributed by atoms with E-state index in [1.165, 1.54) is 18.4 Å². The van der Waals surface area contributed by atoms with Crippen molar-refractivity contribution in [1.29, 1.82) is 0 Å². The minimum Gasteiger partial charge on any atom is -0.329 e. The van der Waals surface area contributed by atoms with Crippen LogP contribution >= 0.6 is 0 Å². The molecule has 0 spiro atoms. The van der Waals surface area contributed by atoms with Crippen LogP contribution in [0.2, 0.25) is 0 Å². The van der Waals surface area contributed by atoms with E-state index >= 15 is 0 Å². The van der Waals surface area contributed by atoms with Crippen LogP contribution in [0.3, 0.4) is 0 Å². The van der Waals surface area contributed by atoms with Gasteiger partial charge < -0.3 is 11.1 Å². The largest absolute Gasteiger partial charge is 0.329 e. The Morgan fingerprint density at radius 3 is 2.59 bits per heavy atom. The van der Waals surface area contributed by atoms with Gasteiger partial charge in [0.15, 0.2) is 0 Å². The third-order valence-corrected chi connectivity index (χ3v) is 3.77. The lowest BCUT2D eigenvalue weighted by Gasteiger charge is -2.30. The van der Waals surface area contributed by atoms with E-state index in [2.05, 4.69) is 42.6 Å². The van der Waals surface area contributed by atoms with Crippen LogP contribution in [-0.2, 0) is 6.42 Å². The van der Waals surface area contributed by atoms with E-state index in [0.29, 0.717) is 6.54 Å². The average molecular weight is 232 g/mol. The van der Waals surface area contributed by atoms with Crippen molar-refractivity contribution in [2.45, 2.75) is 38.1 Å². The van der Waals surface area contributed by atoms with Crippen LogP contribution in [0.5, 0.6) is 0 Å². The fraction of sp³-hybridized carbons (Fsp3) is 0.600. The van der Waals surface area contributed by atoms with E-state index < -0.39 is 0 Å². The SMILES string of the molecule is CC(CN)(CCc1ccccc1)NCC1CC1. The monoisotopic (exact) mass is 232 g/mol. The molecule has 1 aliphatic carbocycles. The molecule has 0 aliphatic heterocycles. The molecule has 1 aromatic carbocycles. The van der Waals surface area contributed by atoms with Gasteiger partial charge in [0, 0.05) is 12.1 Å². The van der Waals surface area contributed by atoms with Crippen molar-refractivity contribution in [1.82, 2.24) is 5.32 Å². The molecule has 0 saturated heterocycles. The van der Waals surface area contributed by atoms with Crippen molar-refractivity contribution < 1.29 is 0 Å². The first-order chi connectivity index (χ1) is 8.22. The molecule has 17 heavy (non-hydrogen) atoms. The van der Waals surface area contributed by atoms with E-state index in [1.807, 2.05) is 0 Å². The molecular formula is C15H24N2. The highest BCUT2D eigenvalue weighted by molar-refractivity contribution is 5.15. The fourth-order valence-electron chi connectivity index (χ4n) is 2.04. The van der Waals surface area contributed by atoms with Crippen molar-refractivity contribution in [2.24, 2.45) is 11.7 Å². The highest BCUT2D eigenvalue weighted by Gasteiger charge is 2.27. The Hall–Kier alpha value is -0.860. The van der Waals surface area contributed by atoms with Gasteiger partial charge in [-0.15, -0.1) is 0 Å². The van der Waals surface area contributed by atoms with Gasteiger partial charge >= 0.3 is 0 Å². The Kier molecular flexibility index (Phi) is 4.19. The Labute approximate surface area is 105 Å². The summed E-state index contributed by atoms with van der Waals surface area (Å²) in [4.78, 5) is 0. The zero-order chi connectivity index (χ0) is 12.1. The Balaban J connectivity index is 1.80. The summed E-state index contributed by atoms with van der Waals surface area (Å²) in [5.74, 6) is 0.914. The van der Waals surface area contributed by atoms with Gasteiger partial charge in [-0.25, -0.2) is 0 Å². The number of aryl methyl sites for hydroxylation is 1. The zero-order valence-electron chi connectivity index (χ0n) is 10.8. The second-order valence-corrected chi connectivity index (χ2v) is 5.57. The quantitative estimate of drug-likeness (QED) is 0.757. The maximum absolute atomic E-state index is 5.92. The van der Waals surface area contributed by atoms with Gasteiger partial charge in [-0.3, -0.25) is 0 Å². The molecule has 1 atom stereocenters. The molecule has 0 aromatic heterocycles. The molecule has 0 amide bonds. The summed E-state index contributed by atoms with van der Waals surface area (Å²) >= 11 is 0. The van der Waals surface area contributed by atoms with Crippen LogP contribution in [0.1, 0.15) is 31.7 Å². The van der Waals surface area contributed by atoms with Crippen molar-refractivity contribution in [3.05, 3.63) is 35.9 Å². The lowest BCUT2D eigenvalue weighted by atomic mass is 9.93. The molecule has 2 heteroatoms. The van der Waals surface area contributed by atoms with E-state index in [1.54, 1.807) is 0 Å². The molecule has 1 fully saturated rings. The highest BCUT2D eigenvalue weighted by atomic mass is 15.0. The predicted octanol–water partition coefficient (Wildman–Crippen LogP) is 2.34. The maximum atomic E-state index is 5.92. The van der Waals surface area contributed by atoms with E-state index in [4.69, 9.17) is 5.73 Å². The van der Waals surface area contributed by atoms with Crippen LogP contribution < -0.4 is 11.1 Å². The van der Waals surface area contributed by atoms with Crippen molar-refractivity contribution in [3.8, 4) is 0 Å². The normalized spacial score (nSPS) is 18.9. The minimum absolute atomic E-state index is 0.0957. The third-order valence-electron chi connectivity index (χ3n) is 3.77. The van der Waals surface area contributed by atoms with Crippen LogP contribution in [-0.4, -0.2) is 18.6 Å². The van der Waals surface area contributed by atoms with Gasteiger partial charge in [0.2, 0.25) is 0 Å². The predicted molar refractivity (Wildman–Crippen MR) is 72.9 cm³/mol. The van der Waals surface area contributed by atoms with E-state index in [-0.39, 0.29) is 5.54 Å². The number of nitrogens with one attached hydrogen (secondary N) is 1. The van der Waals surface area contributed by atoms with E-state index in [9.17, 15) is 0 Å². The second-order valence-electron chi connectivity index (χ2n) is 5.57. The molecule has 1 aromatic rings. The first-order valence-electron chi connectivity index (χ1n) is 6.71. The number of benzene rings is 1. The second kappa shape index (κ2) is 5.65. The molecule has 2 rings (SSSR count). The minimum atomic E-state index is 0.0957. The molecule has 1 saturated carbocycles. The summed E-state index contributed by atoms with van der Waals surface area (Å²) in [6, 6.07) is 10.7. The van der Waals surface area contributed by atoms with Crippen LogP contribution in [0.4, 0.5) is 0 Å². The maximum Gasteiger partial charge on any atom is 0.0278 e. The smallest absolute Gasteiger partial charge is 0.0278 e. The lowest BCUT2D eigenvalue weighted by Crippen LogP contribution is -2.49. The van der Waals surface area contributed by atoms with Crippen LogP contribution in [0.25, 0.3) is 0 Å². The van der Waals surface area contributed by atoms with Crippen LogP contribution in [0, 0.1) is 5.92 Å². The first kappa shape index (κ1) is 12.6. The van der Waals surface area contributed by atoms with Crippen molar-refractivity contribution in [2.75, 3.05) is 13.1 Å². The number of nitrogens with two attached hydrogens (primary N) is 1. The van der Waals surface area contributed by atoms with Crippen molar-refractivity contribution in [3.63, 3.8) is 0 Å². The van der Waals surface area contributed by atoms with E-state index in [0.717, 1.165) is 25.3 Å². The summed E-state index contributed by atoms with van der Waals surface area (Å²) in [7, 11) is 0. The number of hydrogen-bond donors (Lipinski definition) is 2. The van der Waals surface area contributed by atoms with Crippen molar-refractivity contribution >= 4 is 0 Å². The molecule has 94 valence electrons. The summed E-state index contributed by atoms with van der Waals surface area (Å²) in [6.45, 7) is 4.10. The average Bonchev–Trinajstić information content (AvgIpc) is 3.19. The van der Waals surface area contributed by atoms with Gasteiger partial charge in [-0.2, -0.15) is 0 Å². The Morgan fingerprint density at radius 2 is 2.00 bits per heavy atom. The molecule has 0 bridgehead atoms. The number of hydrogen-bond acceptors (Lipinski definition) is 2. The molecule has 0 radical (unpaired) electrons. The molecular weight excluding hydrogens is 208 g/mol. The fourth-order valence-corrected chi connectivity index (χ4v) is 2.04.